The summed E-state index contributed by atoms with van der Waals surface area (Å²) in [5, 5.41) is 19.8. The molecule has 1 aromatic carbocycles. The van der Waals surface area contributed by atoms with E-state index in [0.717, 1.165) is 36.3 Å². The van der Waals surface area contributed by atoms with Gasteiger partial charge in [0.2, 0.25) is 0 Å². The fourth-order valence-electron chi connectivity index (χ4n) is 2.54. The summed E-state index contributed by atoms with van der Waals surface area (Å²) >= 11 is 0. The predicted octanol–water partition coefficient (Wildman–Crippen LogP) is 2.01. The molecule has 0 amide bonds. The summed E-state index contributed by atoms with van der Waals surface area (Å²) in [6, 6.07) is 7.25. The third-order valence-electron chi connectivity index (χ3n) is 3.48. The molecule has 0 bridgehead atoms. The maximum Gasteiger partial charge on any atom is 0.132 e. The zero-order chi connectivity index (χ0) is 12.5. The summed E-state index contributed by atoms with van der Waals surface area (Å²) in [6.07, 6.45) is 4.64. The van der Waals surface area contributed by atoms with E-state index in [1.165, 1.54) is 0 Å². The highest BCUT2D eigenvalue weighted by Gasteiger charge is 2.21. The SMILES string of the molecule is Oc1ccccc1Cc1ncc2n1C(O)CCC2. The van der Waals surface area contributed by atoms with Gasteiger partial charge < -0.3 is 14.8 Å². The number of phenolic OH excluding ortho intramolecular Hbond substituents is 1. The second-order valence-electron chi connectivity index (χ2n) is 4.71. The van der Waals surface area contributed by atoms with Crippen molar-refractivity contribution in [3.63, 3.8) is 0 Å². The zero-order valence-corrected chi connectivity index (χ0v) is 10.1. The fourth-order valence-corrected chi connectivity index (χ4v) is 2.54. The molecule has 4 heteroatoms. The Kier molecular flexibility index (Phi) is 2.80. The summed E-state index contributed by atoms with van der Waals surface area (Å²) in [5.41, 5.74) is 1.92. The second kappa shape index (κ2) is 4.46. The van der Waals surface area contributed by atoms with Crippen LogP contribution >= 0.6 is 0 Å². The minimum Gasteiger partial charge on any atom is -0.508 e. The molecule has 3 rings (SSSR count). The Labute approximate surface area is 106 Å². The molecule has 2 aromatic rings. The lowest BCUT2D eigenvalue weighted by Crippen LogP contribution is -2.19. The Morgan fingerprint density at radius 2 is 2.17 bits per heavy atom. The third kappa shape index (κ3) is 1.88. The molecule has 4 nitrogen and oxygen atoms in total. The molecule has 0 saturated heterocycles. The topological polar surface area (TPSA) is 58.3 Å². The molecule has 0 spiro atoms. The van der Waals surface area contributed by atoms with Crippen LogP contribution in [0.4, 0.5) is 0 Å². The molecule has 2 N–H and O–H groups in total. The Bertz CT molecular complexity index is 563. The number of hydrogen-bond donors (Lipinski definition) is 2. The molecule has 0 radical (unpaired) electrons. The quantitative estimate of drug-likeness (QED) is 0.849. The van der Waals surface area contributed by atoms with E-state index in [0.29, 0.717) is 6.42 Å². The lowest BCUT2D eigenvalue weighted by Gasteiger charge is -2.23. The number of aliphatic hydroxyl groups excluding tert-OH is 1. The molecule has 0 aliphatic carbocycles. The van der Waals surface area contributed by atoms with E-state index in [1.54, 1.807) is 12.1 Å². The van der Waals surface area contributed by atoms with Gasteiger partial charge in [-0.25, -0.2) is 4.98 Å². The van der Waals surface area contributed by atoms with E-state index >= 15 is 0 Å². The molecular weight excluding hydrogens is 228 g/mol. The summed E-state index contributed by atoms with van der Waals surface area (Å²) in [7, 11) is 0. The summed E-state index contributed by atoms with van der Waals surface area (Å²) in [6.45, 7) is 0. The number of hydrogen-bond acceptors (Lipinski definition) is 3. The summed E-state index contributed by atoms with van der Waals surface area (Å²) in [5.74, 6) is 1.10. The van der Waals surface area contributed by atoms with Gasteiger partial charge in [0, 0.05) is 23.9 Å². The van der Waals surface area contributed by atoms with Crippen LogP contribution in [0.5, 0.6) is 5.75 Å². The van der Waals surface area contributed by atoms with Crippen LogP contribution in [0.1, 0.15) is 36.2 Å². The molecule has 1 aliphatic rings. The van der Waals surface area contributed by atoms with Gasteiger partial charge in [0.15, 0.2) is 0 Å². The van der Waals surface area contributed by atoms with Crippen molar-refractivity contribution in [2.24, 2.45) is 0 Å². The molecule has 1 unspecified atom stereocenters. The lowest BCUT2D eigenvalue weighted by atomic mass is 10.1. The van der Waals surface area contributed by atoms with Crippen LogP contribution in [0.25, 0.3) is 0 Å². The van der Waals surface area contributed by atoms with Crippen LogP contribution in [0, 0.1) is 0 Å². The molecule has 94 valence electrons. The largest absolute Gasteiger partial charge is 0.508 e. The number of rotatable bonds is 2. The monoisotopic (exact) mass is 244 g/mol. The number of aryl methyl sites for hydroxylation is 1. The number of para-hydroxylation sites is 1. The number of aliphatic hydroxyl groups is 1. The molecule has 0 saturated carbocycles. The Morgan fingerprint density at radius 3 is 3.00 bits per heavy atom. The maximum absolute atomic E-state index is 10.0. The standard InChI is InChI=1S/C14H16N2O2/c17-12-6-2-1-4-10(12)8-13-15-9-11-5-3-7-14(18)16(11)13/h1-2,4,6,9,14,17-18H,3,5,7-8H2. The van der Waals surface area contributed by atoms with E-state index in [-0.39, 0.29) is 5.75 Å². The molecule has 2 heterocycles. The summed E-state index contributed by atoms with van der Waals surface area (Å²) in [4.78, 5) is 4.38. The first-order valence-electron chi connectivity index (χ1n) is 6.25. The first-order chi connectivity index (χ1) is 8.75. The van der Waals surface area contributed by atoms with E-state index < -0.39 is 6.23 Å². The number of benzene rings is 1. The van der Waals surface area contributed by atoms with E-state index in [4.69, 9.17) is 0 Å². The van der Waals surface area contributed by atoms with Gasteiger partial charge >= 0.3 is 0 Å². The fraction of sp³-hybridized carbons (Fsp3) is 0.357. The highest BCUT2D eigenvalue weighted by atomic mass is 16.3. The number of phenols is 1. The molecule has 1 atom stereocenters. The number of aromatic nitrogens is 2. The van der Waals surface area contributed by atoms with Gasteiger partial charge in [-0.2, -0.15) is 0 Å². The normalized spacial score (nSPS) is 18.6. The molecule has 1 aromatic heterocycles. The predicted molar refractivity (Wildman–Crippen MR) is 67.3 cm³/mol. The average molecular weight is 244 g/mol. The second-order valence-corrected chi connectivity index (χ2v) is 4.71. The Hall–Kier alpha value is -1.81. The van der Waals surface area contributed by atoms with Gasteiger partial charge in [-0.3, -0.25) is 0 Å². The number of fused-ring (bicyclic) bond motifs is 1. The number of aromatic hydroxyl groups is 1. The van der Waals surface area contributed by atoms with Crippen LogP contribution in [0.15, 0.2) is 30.5 Å². The number of nitrogens with zero attached hydrogens (tertiary/aromatic N) is 2. The van der Waals surface area contributed by atoms with Crippen molar-refractivity contribution in [1.82, 2.24) is 9.55 Å². The zero-order valence-electron chi connectivity index (χ0n) is 10.1. The van der Waals surface area contributed by atoms with Crippen molar-refractivity contribution in [2.45, 2.75) is 31.9 Å². The lowest BCUT2D eigenvalue weighted by molar-refractivity contribution is 0.0762. The van der Waals surface area contributed by atoms with Crippen LogP contribution in [0.3, 0.4) is 0 Å². The Balaban J connectivity index is 1.95. The van der Waals surface area contributed by atoms with E-state index in [1.807, 2.05) is 22.9 Å². The van der Waals surface area contributed by atoms with Crippen LogP contribution in [-0.4, -0.2) is 19.8 Å². The molecular formula is C14H16N2O2. The minimum absolute atomic E-state index is 0.278. The van der Waals surface area contributed by atoms with E-state index in [9.17, 15) is 10.2 Å². The van der Waals surface area contributed by atoms with Crippen LogP contribution in [-0.2, 0) is 12.8 Å². The molecule has 18 heavy (non-hydrogen) atoms. The molecule has 1 aliphatic heterocycles. The summed E-state index contributed by atoms with van der Waals surface area (Å²) < 4.78 is 1.90. The van der Waals surface area contributed by atoms with Gasteiger partial charge in [0.25, 0.3) is 0 Å². The maximum atomic E-state index is 10.0. The van der Waals surface area contributed by atoms with Gasteiger partial charge in [0.05, 0.1) is 0 Å². The smallest absolute Gasteiger partial charge is 0.132 e. The van der Waals surface area contributed by atoms with Gasteiger partial charge in [-0.1, -0.05) is 18.2 Å². The van der Waals surface area contributed by atoms with Gasteiger partial charge in [-0.15, -0.1) is 0 Å². The van der Waals surface area contributed by atoms with Gasteiger partial charge in [0.1, 0.15) is 17.8 Å². The van der Waals surface area contributed by atoms with Crippen LogP contribution < -0.4 is 0 Å². The van der Waals surface area contributed by atoms with Crippen molar-refractivity contribution in [2.75, 3.05) is 0 Å². The first kappa shape index (κ1) is 11.3. The van der Waals surface area contributed by atoms with Crippen molar-refractivity contribution in [3.8, 4) is 5.75 Å². The number of imidazole rings is 1. The van der Waals surface area contributed by atoms with Crippen molar-refractivity contribution in [1.29, 1.82) is 0 Å². The Morgan fingerprint density at radius 1 is 1.33 bits per heavy atom. The van der Waals surface area contributed by atoms with Gasteiger partial charge in [-0.05, 0) is 25.3 Å². The minimum atomic E-state index is -0.475. The third-order valence-corrected chi connectivity index (χ3v) is 3.48. The van der Waals surface area contributed by atoms with Crippen molar-refractivity contribution in [3.05, 3.63) is 47.5 Å². The van der Waals surface area contributed by atoms with Crippen molar-refractivity contribution >= 4 is 0 Å². The van der Waals surface area contributed by atoms with Crippen LogP contribution in [0.2, 0.25) is 0 Å². The molecule has 0 fully saturated rings. The van der Waals surface area contributed by atoms with E-state index in [2.05, 4.69) is 4.98 Å². The highest BCUT2D eigenvalue weighted by molar-refractivity contribution is 5.34. The highest BCUT2D eigenvalue weighted by Crippen LogP contribution is 2.27. The average Bonchev–Trinajstić information content (AvgIpc) is 2.77. The first-order valence-corrected chi connectivity index (χ1v) is 6.25. The van der Waals surface area contributed by atoms with Crippen molar-refractivity contribution < 1.29 is 10.2 Å².